The van der Waals surface area contributed by atoms with Crippen LogP contribution in [0.25, 0.3) is 0 Å². The molecule has 0 amide bonds. The monoisotopic (exact) mass is 155 g/mol. The van der Waals surface area contributed by atoms with Crippen molar-refractivity contribution in [2.45, 2.75) is 52.0 Å². The molecule has 1 rings (SSSR count). The van der Waals surface area contributed by atoms with Crippen LogP contribution in [0.15, 0.2) is 0 Å². The summed E-state index contributed by atoms with van der Waals surface area (Å²) in [5.41, 5.74) is 0. The Hall–Kier alpha value is -0.0400. The first-order valence-electron chi connectivity index (χ1n) is 5.06. The maximum absolute atomic E-state index is 3.47. The maximum Gasteiger partial charge on any atom is 0.00412 e. The zero-order valence-corrected chi connectivity index (χ0v) is 7.90. The molecule has 1 N–H and O–H groups in total. The van der Waals surface area contributed by atoms with E-state index in [1.165, 1.54) is 32.1 Å². The molecule has 0 aromatic rings. The lowest BCUT2D eigenvalue weighted by Gasteiger charge is -2.16. The summed E-state index contributed by atoms with van der Waals surface area (Å²) in [5, 5.41) is 3.47. The molecule has 0 aliphatic heterocycles. The molecule has 0 radical (unpaired) electrons. The van der Waals surface area contributed by atoms with Gasteiger partial charge in [-0.15, -0.1) is 0 Å². The number of hydrogen-bond acceptors (Lipinski definition) is 1. The Labute approximate surface area is 70.6 Å². The zero-order chi connectivity index (χ0) is 8.10. The van der Waals surface area contributed by atoms with E-state index < -0.39 is 0 Å². The lowest BCUT2D eigenvalue weighted by Crippen LogP contribution is -2.27. The quantitative estimate of drug-likeness (QED) is 0.658. The minimum atomic E-state index is 0.739. The zero-order valence-electron chi connectivity index (χ0n) is 7.90. The highest BCUT2D eigenvalue weighted by atomic mass is 14.9. The molecule has 1 heteroatoms. The summed E-state index contributed by atoms with van der Waals surface area (Å²) >= 11 is 0. The third kappa shape index (κ3) is 3.24. The van der Waals surface area contributed by atoms with E-state index in [9.17, 15) is 0 Å². The Morgan fingerprint density at radius 2 is 2.00 bits per heavy atom. The minimum Gasteiger partial charge on any atom is -0.315 e. The van der Waals surface area contributed by atoms with E-state index in [4.69, 9.17) is 0 Å². The van der Waals surface area contributed by atoms with E-state index in [-0.39, 0.29) is 0 Å². The first-order valence-corrected chi connectivity index (χ1v) is 5.06. The largest absolute Gasteiger partial charge is 0.315 e. The molecule has 0 bridgehead atoms. The summed E-state index contributed by atoms with van der Waals surface area (Å²) in [6.07, 6.45) is 7.31. The molecule has 1 atom stereocenters. The van der Waals surface area contributed by atoms with Crippen molar-refractivity contribution < 1.29 is 0 Å². The molecule has 11 heavy (non-hydrogen) atoms. The van der Waals surface area contributed by atoms with Gasteiger partial charge < -0.3 is 5.32 Å². The number of nitrogens with one attached hydrogen (secondary N) is 1. The Kier molecular flexibility index (Phi) is 3.92. The third-order valence-corrected chi connectivity index (χ3v) is 2.71. The van der Waals surface area contributed by atoms with Crippen molar-refractivity contribution >= 4 is 0 Å². The van der Waals surface area contributed by atoms with Crippen LogP contribution in [-0.4, -0.2) is 12.6 Å². The van der Waals surface area contributed by atoms with Gasteiger partial charge in [-0.25, -0.2) is 0 Å². The average molecular weight is 155 g/mol. The van der Waals surface area contributed by atoms with Crippen molar-refractivity contribution in [1.82, 2.24) is 5.32 Å². The van der Waals surface area contributed by atoms with Crippen molar-refractivity contribution in [1.29, 1.82) is 0 Å². The van der Waals surface area contributed by atoms with Gasteiger partial charge in [-0.1, -0.05) is 32.6 Å². The van der Waals surface area contributed by atoms with Crippen LogP contribution >= 0.6 is 0 Å². The molecule has 0 aromatic heterocycles. The standard InChI is InChI=1S/C10H21N/c1-3-11-9(2)8-10-6-4-5-7-10/h9-11H,3-8H2,1-2H3. The maximum atomic E-state index is 3.47. The Balaban J connectivity index is 2.08. The molecule has 0 spiro atoms. The fourth-order valence-electron chi connectivity index (χ4n) is 2.18. The Morgan fingerprint density at radius 3 is 2.55 bits per heavy atom. The SMILES string of the molecule is CCNC(C)CC1CCCC1. The highest BCUT2D eigenvalue weighted by Gasteiger charge is 2.16. The van der Waals surface area contributed by atoms with Gasteiger partial charge in [0.05, 0.1) is 0 Å². The van der Waals surface area contributed by atoms with E-state index in [0.29, 0.717) is 0 Å². The van der Waals surface area contributed by atoms with Crippen LogP contribution in [-0.2, 0) is 0 Å². The second-order valence-corrected chi connectivity index (χ2v) is 3.84. The van der Waals surface area contributed by atoms with Crippen LogP contribution in [0.4, 0.5) is 0 Å². The first kappa shape index (κ1) is 9.05. The molecule has 1 saturated carbocycles. The molecule has 1 nitrogen and oxygen atoms in total. The van der Waals surface area contributed by atoms with E-state index in [1.807, 2.05) is 0 Å². The van der Waals surface area contributed by atoms with Gasteiger partial charge in [0.1, 0.15) is 0 Å². The molecule has 0 aromatic carbocycles. The molecular weight excluding hydrogens is 134 g/mol. The molecular formula is C10H21N. The molecule has 1 aliphatic carbocycles. The van der Waals surface area contributed by atoms with Crippen LogP contribution in [0.5, 0.6) is 0 Å². The van der Waals surface area contributed by atoms with E-state index in [2.05, 4.69) is 19.2 Å². The van der Waals surface area contributed by atoms with Crippen LogP contribution in [0, 0.1) is 5.92 Å². The van der Waals surface area contributed by atoms with Gasteiger partial charge in [0.2, 0.25) is 0 Å². The van der Waals surface area contributed by atoms with Gasteiger partial charge in [0, 0.05) is 6.04 Å². The van der Waals surface area contributed by atoms with Crippen molar-refractivity contribution in [3.8, 4) is 0 Å². The van der Waals surface area contributed by atoms with Crippen LogP contribution < -0.4 is 5.32 Å². The van der Waals surface area contributed by atoms with Crippen molar-refractivity contribution in [3.05, 3.63) is 0 Å². The summed E-state index contributed by atoms with van der Waals surface area (Å²) in [5.74, 6) is 1.03. The van der Waals surface area contributed by atoms with Gasteiger partial charge in [-0.3, -0.25) is 0 Å². The van der Waals surface area contributed by atoms with Crippen LogP contribution in [0.2, 0.25) is 0 Å². The topological polar surface area (TPSA) is 12.0 Å². The number of rotatable bonds is 4. The second-order valence-electron chi connectivity index (χ2n) is 3.84. The van der Waals surface area contributed by atoms with Gasteiger partial charge in [0.15, 0.2) is 0 Å². The van der Waals surface area contributed by atoms with E-state index in [0.717, 1.165) is 18.5 Å². The minimum absolute atomic E-state index is 0.739. The fraction of sp³-hybridized carbons (Fsp3) is 1.00. The lowest BCUT2D eigenvalue weighted by molar-refractivity contribution is 0.411. The lowest BCUT2D eigenvalue weighted by atomic mass is 9.99. The predicted octanol–water partition coefficient (Wildman–Crippen LogP) is 2.56. The van der Waals surface area contributed by atoms with Crippen LogP contribution in [0.1, 0.15) is 46.0 Å². The third-order valence-electron chi connectivity index (χ3n) is 2.71. The highest BCUT2D eigenvalue weighted by molar-refractivity contribution is 4.72. The predicted molar refractivity (Wildman–Crippen MR) is 49.7 cm³/mol. The van der Waals surface area contributed by atoms with Crippen molar-refractivity contribution in [2.24, 2.45) is 5.92 Å². The molecule has 1 unspecified atom stereocenters. The second kappa shape index (κ2) is 4.76. The molecule has 0 saturated heterocycles. The summed E-state index contributed by atoms with van der Waals surface area (Å²) < 4.78 is 0. The Morgan fingerprint density at radius 1 is 1.36 bits per heavy atom. The van der Waals surface area contributed by atoms with Gasteiger partial charge in [-0.05, 0) is 25.8 Å². The van der Waals surface area contributed by atoms with Crippen LogP contribution in [0.3, 0.4) is 0 Å². The van der Waals surface area contributed by atoms with Gasteiger partial charge in [-0.2, -0.15) is 0 Å². The van der Waals surface area contributed by atoms with Gasteiger partial charge >= 0.3 is 0 Å². The van der Waals surface area contributed by atoms with Crippen molar-refractivity contribution in [2.75, 3.05) is 6.54 Å². The molecule has 1 fully saturated rings. The Bertz CT molecular complexity index is 95.0. The molecule has 1 aliphatic rings. The highest BCUT2D eigenvalue weighted by Crippen LogP contribution is 2.28. The molecule has 66 valence electrons. The molecule has 0 heterocycles. The summed E-state index contributed by atoms with van der Waals surface area (Å²) in [6.45, 7) is 5.61. The smallest absolute Gasteiger partial charge is 0.00412 e. The number of hydrogen-bond donors (Lipinski definition) is 1. The first-order chi connectivity index (χ1) is 5.33. The summed E-state index contributed by atoms with van der Waals surface area (Å²) in [6, 6.07) is 0.739. The average Bonchev–Trinajstić information content (AvgIpc) is 2.40. The fourth-order valence-corrected chi connectivity index (χ4v) is 2.18. The van der Waals surface area contributed by atoms with Gasteiger partial charge in [0.25, 0.3) is 0 Å². The van der Waals surface area contributed by atoms with E-state index in [1.54, 1.807) is 0 Å². The van der Waals surface area contributed by atoms with Crippen molar-refractivity contribution in [3.63, 3.8) is 0 Å². The van der Waals surface area contributed by atoms with E-state index >= 15 is 0 Å². The summed E-state index contributed by atoms with van der Waals surface area (Å²) in [7, 11) is 0. The normalized spacial score (nSPS) is 22.4. The summed E-state index contributed by atoms with van der Waals surface area (Å²) in [4.78, 5) is 0.